The molecule has 1 aromatic carbocycles. The van der Waals surface area contributed by atoms with Gasteiger partial charge in [0.05, 0.1) is 26.5 Å². The number of ether oxygens (including phenoxy) is 3. The van der Waals surface area contributed by atoms with E-state index in [1.807, 2.05) is 12.1 Å². The standard InChI is InChI=1S/C13H19NO3/c1-8(2)13-7-14-9-5-11(15-3)12(16-4)6-10(9)17-13/h5-6,8,13-14H,7H2,1-4H3. The van der Waals surface area contributed by atoms with E-state index in [9.17, 15) is 0 Å². The first-order valence-electron chi connectivity index (χ1n) is 5.82. The Balaban J connectivity index is 2.32. The molecule has 0 fully saturated rings. The smallest absolute Gasteiger partial charge is 0.164 e. The lowest BCUT2D eigenvalue weighted by Crippen LogP contribution is -2.34. The summed E-state index contributed by atoms with van der Waals surface area (Å²) in [6.07, 6.45) is 0.195. The highest BCUT2D eigenvalue weighted by Crippen LogP contribution is 2.40. The van der Waals surface area contributed by atoms with Gasteiger partial charge in [-0.15, -0.1) is 0 Å². The molecular formula is C13H19NO3. The van der Waals surface area contributed by atoms with Crippen LogP contribution in [0.4, 0.5) is 5.69 Å². The number of rotatable bonds is 3. The van der Waals surface area contributed by atoms with Crippen LogP contribution in [0, 0.1) is 5.92 Å². The molecule has 1 unspecified atom stereocenters. The van der Waals surface area contributed by atoms with Crippen molar-refractivity contribution in [2.75, 3.05) is 26.1 Å². The Kier molecular flexibility index (Phi) is 3.31. The minimum absolute atomic E-state index is 0.195. The maximum absolute atomic E-state index is 5.94. The summed E-state index contributed by atoms with van der Waals surface area (Å²) in [4.78, 5) is 0. The molecule has 1 atom stereocenters. The first-order valence-corrected chi connectivity index (χ1v) is 5.82. The molecule has 0 aromatic heterocycles. The first kappa shape index (κ1) is 11.9. The van der Waals surface area contributed by atoms with Crippen LogP contribution in [-0.4, -0.2) is 26.9 Å². The normalized spacial score (nSPS) is 18.1. The van der Waals surface area contributed by atoms with Gasteiger partial charge in [0.2, 0.25) is 0 Å². The fraction of sp³-hybridized carbons (Fsp3) is 0.538. The van der Waals surface area contributed by atoms with Crippen LogP contribution in [0.3, 0.4) is 0 Å². The van der Waals surface area contributed by atoms with E-state index in [2.05, 4.69) is 19.2 Å². The Morgan fingerprint density at radius 1 is 1.24 bits per heavy atom. The minimum Gasteiger partial charge on any atom is -0.493 e. The Hall–Kier alpha value is -1.58. The van der Waals surface area contributed by atoms with E-state index in [1.165, 1.54) is 0 Å². The van der Waals surface area contributed by atoms with Crippen molar-refractivity contribution in [1.82, 2.24) is 0 Å². The summed E-state index contributed by atoms with van der Waals surface area (Å²) < 4.78 is 16.5. The van der Waals surface area contributed by atoms with Crippen LogP contribution in [-0.2, 0) is 0 Å². The molecule has 0 spiro atoms. The lowest BCUT2D eigenvalue weighted by molar-refractivity contribution is 0.155. The zero-order valence-electron chi connectivity index (χ0n) is 10.7. The van der Waals surface area contributed by atoms with E-state index in [0.717, 1.165) is 18.0 Å². The molecule has 1 aromatic rings. The summed E-state index contributed by atoms with van der Waals surface area (Å²) in [5, 5.41) is 3.36. The molecule has 0 saturated heterocycles. The van der Waals surface area contributed by atoms with Crippen molar-refractivity contribution in [2.24, 2.45) is 5.92 Å². The predicted octanol–water partition coefficient (Wildman–Crippen LogP) is 2.53. The van der Waals surface area contributed by atoms with Crippen LogP contribution in [0.1, 0.15) is 13.8 Å². The predicted molar refractivity (Wildman–Crippen MR) is 67.3 cm³/mol. The van der Waals surface area contributed by atoms with Crippen LogP contribution in [0.5, 0.6) is 17.2 Å². The molecule has 0 aliphatic carbocycles. The zero-order chi connectivity index (χ0) is 12.4. The van der Waals surface area contributed by atoms with Gasteiger partial charge < -0.3 is 19.5 Å². The second-order valence-electron chi connectivity index (χ2n) is 4.48. The summed E-state index contributed by atoms with van der Waals surface area (Å²) in [6, 6.07) is 3.78. The van der Waals surface area contributed by atoms with Gasteiger partial charge in [-0.2, -0.15) is 0 Å². The molecule has 4 nitrogen and oxygen atoms in total. The number of fused-ring (bicyclic) bond motifs is 1. The lowest BCUT2D eigenvalue weighted by Gasteiger charge is -2.30. The van der Waals surface area contributed by atoms with Crippen LogP contribution >= 0.6 is 0 Å². The Labute approximate surface area is 102 Å². The molecule has 17 heavy (non-hydrogen) atoms. The van der Waals surface area contributed by atoms with Gasteiger partial charge in [0.15, 0.2) is 11.5 Å². The van der Waals surface area contributed by atoms with Gasteiger partial charge >= 0.3 is 0 Å². The van der Waals surface area contributed by atoms with Crippen molar-refractivity contribution in [1.29, 1.82) is 0 Å². The van der Waals surface area contributed by atoms with E-state index in [-0.39, 0.29) is 6.10 Å². The highest BCUT2D eigenvalue weighted by atomic mass is 16.5. The third kappa shape index (κ3) is 2.25. The van der Waals surface area contributed by atoms with Crippen molar-refractivity contribution >= 4 is 5.69 Å². The van der Waals surface area contributed by atoms with Gasteiger partial charge in [-0.3, -0.25) is 0 Å². The molecule has 4 heteroatoms. The van der Waals surface area contributed by atoms with Crippen LogP contribution in [0.25, 0.3) is 0 Å². The fourth-order valence-electron chi connectivity index (χ4n) is 1.88. The van der Waals surface area contributed by atoms with Crippen molar-refractivity contribution in [3.63, 3.8) is 0 Å². The van der Waals surface area contributed by atoms with E-state index in [0.29, 0.717) is 17.4 Å². The third-order valence-electron chi connectivity index (χ3n) is 3.00. The largest absolute Gasteiger partial charge is 0.493 e. The number of benzene rings is 1. The SMILES string of the molecule is COc1cc2c(cc1OC)OC(C(C)C)CN2. The van der Waals surface area contributed by atoms with Crippen LogP contribution in [0.2, 0.25) is 0 Å². The molecule has 94 valence electrons. The molecule has 1 N–H and O–H groups in total. The monoisotopic (exact) mass is 237 g/mol. The van der Waals surface area contributed by atoms with E-state index >= 15 is 0 Å². The average Bonchev–Trinajstić information content (AvgIpc) is 2.36. The Morgan fingerprint density at radius 2 is 1.88 bits per heavy atom. The topological polar surface area (TPSA) is 39.7 Å². The van der Waals surface area contributed by atoms with Crippen LogP contribution < -0.4 is 19.5 Å². The molecule has 2 rings (SSSR count). The highest BCUT2D eigenvalue weighted by Gasteiger charge is 2.23. The lowest BCUT2D eigenvalue weighted by atomic mass is 10.1. The zero-order valence-corrected chi connectivity index (χ0v) is 10.7. The van der Waals surface area contributed by atoms with Gasteiger partial charge in [-0.1, -0.05) is 13.8 Å². The maximum Gasteiger partial charge on any atom is 0.164 e. The molecular weight excluding hydrogens is 218 g/mol. The Morgan fingerprint density at radius 3 is 2.47 bits per heavy atom. The fourth-order valence-corrected chi connectivity index (χ4v) is 1.88. The van der Waals surface area contributed by atoms with E-state index in [4.69, 9.17) is 14.2 Å². The van der Waals surface area contributed by atoms with Crippen molar-refractivity contribution in [2.45, 2.75) is 20.0 Å². The average molecular weight is 237 g/mol. The van der Waals surface area contributed by atoms with Gasteiger partial charge in [0.1, 0.15) is 11.9 Å². The second kappa shape index (κ2) is 4.73. The number of nitrogens with one attached hydrogen (secondary N) is 1. The second-order valence-corrected chi connectivity index (χ2v) is 4.48. The molecule has 1 heterocycles. The first-order chi connectivity index (χ1) is 8.15. The Bertz CT molecular complexity index is 404. The van der Waals surface area contributed by atoms with Crippen molar-refractivity contribution in [3.8, 4) is 17.2 Å². The minimum atomic E-state index is 0.195. The van der Waals surface area contributed by atoms with Crippen molar-refractivity contribution < 1.29 is 14.2 Å². The number of hydrogen-bond donors (Lipinski definition) is 1. The molecule has 1 aliphatic rings. The highest BCUT2D eigenvalue weighted by molar-refractivity contribution is 5.65. The molecule has 0 amide bonds. The van der Waals surface area contributed by atoms with Gasteiger partial charge in [0, 0.05) is 12.1 Å². The summed E-state index contributed by atoms with van der Waals surface area (Å²) in [5.41, 5.74) is 0.958. The van der Waals surface area contributed by atoms with E-state index < -0.39 is 0 Å². The number of hydrogen-bond acceptors (Lipinski definition) is 4. The third-order valence-corrected chi connectivity index (χ3v) is 3.00. The van der Waals surface area contributed by atoms with Gasteiger partial charge in [-0.25, -0.2) is 0 Å². The van der Waals surface area contributed by atoms with Crippen molar-refractivity contribution in [3.05, 3.63) is 12.1 Å². The van der Waals surface area contributed by atoms with Crippen LogP contribution in [0.15, 0.2) is 12.1 Å². The molecule has 0 saturated carbocycles. The van der Waals surface area contributed by atoms with Gasteiger partial charge in [0.25, 0.3) is 0 Å². The summed E-state index contributed by atoms with van der Waals surface area (Å²) in [6.45, 7) is 5.12. The summed E-state index contributed by atoms with van der Waals surface area (Å²) in [5.74, 6) is 2.71. The molecule has 0 radical (unpaired) electrons. The molecule has 1 aliphatic heterocycles. The molecule has 0 bridgehead atoms. The van der Waals surface area contributed by atoms with Gasteiger partial charge in [-0.05, 0) is 5.92 Å². The number of anilines is 1. The summed E-state index contributed by atoms with van der Waals surface area (Å²) >= 11 is 0. The summed E-state index contributed by atoms with van der Waals surface area (Å²) in [7, 11) is 3.26. The van der Waals surface area contributed by atoms with E-state index in [1.54, 1.807) is 14.2 Å². The number of methoxy groups -OCH3 is 2. The maximum atomic E-state index is 5.94. The quantitative estimate of drug-likeness (QED) is 0.877.